The number of aryl methyl sites for hydroxylation is 1. The first-order chi connectivity index (χ1) is 13.6. The molecule has 2 N–H and O–H groups in total. The molecule has 4 rings (SSSR count). The van der Waals surface area contributed by atoms with Crippen molar-refractivity contribution in [3.8, 4) is 11.4 Å². The molecule has 0 aliphatic rings. The molecule has 0 saturated carbocycles. The van der Waals surface area contributed by atoms with Gasteiger partial charge in [-0.15, -0.1) is 0 Å². The molecule has 0 saturated heterocycles. The van der Waals surface area contributed by atoms with Gasteiger partial charge in [-0.2, -0.15) is 5.10 Å². The van der Waals surface area contributed by atoms with Gasteiger partial charge in [-0.3, -0.25) is 9.89 Å². The number of rotatable bonds is 6. The van der Waals surface area contributed by atoms with E-state index < -0.39 is 0 Å². The number of ether oxygens (including phenoxy) is 1. The van der Waals surface area contributed by atoms with E-state index in [9.17, 15) is 4.79 Å². The van der Waals surface area contributed by atoms with Crippen LogP contribution in [-0.4, -0.2) is 32.8 Å². The van der Waals surface area contributed by atoms with Gasteiger partial charge in [0.05, 0.1) is 6.42 Å². The first-order valence-electron chi connectivity index (χ1n) is 8.97. The summed E-state index contributed by atoms with van der Waals surface area (Å²) in [5, 5.41) is 11.1. The third kappa shape index (κ3) is 3.65. The number of hydrogen-bond donors (Lipinski definition) is 2. The van der Waals surface area contributed by atoms with E-state index in [1.54, 1.807) is 7.11 Å². The van der Waals surface area contributed by atoms with Crippen molar-refractivity contribution >= 4 is 22.5 Å². The number of nitrogens with one attached hydrogen (secondary N) is 2. The number of benzene rings is 2. The summed E-state index contributed by atoms with van der Waals surface area (Å²) >= 11 is 0. The molecule has 0 spiro atoms. The summed E-state index contributed by atoms with van der Waals surface area (Å²) in [5.41, 5.74) is 3.65. The minimum atomic E-state index is -0.0661. The van der Waals surface area contributed by atoms with Crippen molar-refractivity contribution in [2.45, 2.75) is 13.0 Å². The molecular formula is C21H21N5O2. The normalized spacial score (nSPS) is 11.1. The number of aromatic amines is 1. The number of methoxy groups -OCH3 is 1. The average Bonchev–Trinajstić information content (AvgIpc) is 3.28. The van der Waals surface area contributed by atoms with E-state index in [1.165, 1.54) is 0 Å². The predicted octanol–water partition coefficient (Wildman–Crippen LogP) is 3.29. The van der Waals surface area contributed by atoms with E-state index in [0.29, 0.717) is 30.4 Å². The highest BCUT2D eigenvalue weighted by Crippen LogP contribution is 2.22. The van der Waals surface area contributed by atoms with Crippen molar-refractivity contribution in [2.24, 2.45) is 7.05 Å². The van der Waals surface area contributed by atoms with Gasteiger partial charge in [-0.05, 0) is 23.8 Å². The minimum Gasteiger partial charge on any atom is -0.377 e. The highest BCUT2D eigenvalue weighted by Gasteiger charge is 2.12. The lowest BCUT2D eigenvalue weighted by atomic mass is 10.1. The van der Waals surface area contributed by atoms with Gasteiger partial charge in [-0.25, -0.2) is 4.98 Å². The van der Waals surface area contributed by atoms with Crippen LogP contribution in [0.4, 0.5) is 5.69 Å². The van der Waals surface area contributed by atoms with Crippen molar-refractivity contribution < 1.29 is 9.53 Å². The Bertz CT molecular complexity index is 1130. The van der Waals surface area contributed by atoms with E-state index >= 15 is 0 Å². The third-order valence-corrected chi connectivity index (χ3v) is 4.55. The van der Waals surface area contributed by atoms with Crippen LogP contribution in [0.2, 0.25) is 0 Å². The number of para-hydroxylation sites is 1. The van der Waals surface area contributed by atoms with Crippen LogP contribution >= 0.6 is 0 Å². The number of H-pyrrole nitrogens is 1. The van der Waals surface area contributed by atoms with Gasteiger partial charge >= 0.3 is 0 Å². The fraction of sp³-hybridized carbons (Fsp3) is 0.190. The molecule has 2 aromatic heterocycles. The SMILES string of the molecule is COCc1nc(-c2cccc(NC(=O)Cc3cn(C)c4ccccc34)c2)n[nH]1. The van der Waals surface area contributed by atoms with Crippen molar-refractivity contribution in [3.05, 3.63) is 66.1 Å². The van der Waals surface area contributed by atoms with Crippen LogP contribution in [0.3, 0.4) is 0 Å². The molecule has 0 fully saturated rings. The maximum atomic E-state index is 12.6. The van der Waals surface area contributed by atoms with Crippen LogP contribution in [0.25, 0.3) is 22.3 Å². The van der Waals surface area contributed by atoms with Gasteiger partial charge in [-0.1, -0.05) is 30.3 Å². The summed E-state index contributed by atoms with van der Waals surface area (Å²) in [6.45, 7) is 0.370. The van der Waals surface area contributed by atoms with E-state index in [0.717, 1.165) is 22.0 Å². The molecule has 28 heavy (non-hydrogen) atoms. The summed E-state index contributed by atoms with van der Waals surface area (Å²) in [7, 11) is 3.59. The zero-order chi connectivity index (χ0) is 19.5. The van der Waals surface area contributed by atoms with Gasteiger partial charge in [0, 0.05) is 42.5 Å². The van der Waals surface area contributed by atoms with Crippen molar-refractivity contribution in [1.82, 2.24) is 19.7 Å². The zero-order valence-corrected chi connectivity index (χ0v) is 15.8. The third-order valence-electron chi connectivity index (χ3n) is 4.55. The van der Waals surface area contributed by atoms with Crippen molar-refractivity contribution in [2.75, 3.05) is 12.4 Å². The van der Waals surface area contributed by atoms with Crippen LogP contribution in [0.15, 0.2) is 54.7 Å². The van der Waals surface area contributed by atoms with E-state index in [-0.39, 0.29) is 5.91 Å². The number of carbonyl (C=O) groups excluding carboxylic acids is 1. The molecule has 0 unspecified atom stereocenters. The molecule has 142 valence electrons. The second kappa shape index (κ2) is 7.66. The van der Waals surface area contributed by atoms with Crippen LogP contribution in [0, 0.1) is 0 Å². The van der Waals surface area contributed by atoms with Crippen molar-refractivity contribution in [1.29, 1.82) is 0 Å². The van der Waals surface area contributed by atoms with Crippen LogP contribution in [0.1, 0.15) is 11.4 Å². The summed E-state index contributed by atoms with van der Waals surface area (Å²) in [6, 6.07) is 15.6. The van der Waals surface area contributed by atoms with E-state index in [2.05, 4.69) is 26.6 Å². The molecule has 2 heterocycles. The first-order valence-corrected chi connectivity index (χ1v) is 8.97. The molecule has 0 aliphatic carbocycles. The average molecular weight is 375 g/mol. The van der Waals surface area contributed by atoms with Crippen LogP contribution in [0.5, 0.6) is 0 Å². The lowest BCUT2D eigenvalue weighted by Gasteiger charge is -2.06. The van der Waals surface area contributed by atoms with Crippen molar-refractivity contribution in [3.63, 3.8) is 0 Å². The molecular weight excluding hydrogens is 354 g/mol. The van der Waals surface area contributed by atoms with Gasteiger partial charge in [0.2, 0.25) is 5.91 Å². The number of aromatic nitrogens is 4. The van der Waals surface area contributed by atoms with Gasteiger partial charge in [0.15, 0.2) is 11.6 Å². The number of hydrogen-bond acceptors (Lipinski definition) is 4. The summed E-state index contributed by atoms with van der Waals surface area (Å²) < 4.78 is 7.09. The smallest absolute Gasteiger partial charge is 0.228 e. The molecule has 1 amide bonds. The topological polar surface area (TPSA) is 84.8 Å². The maximum absolute atomic E-state index is 12.6. The number of anilines is 1. The summed E-state index contributed by atoms with van der Waals surface area (Å²) in [4.78, 5) is 17.0. The van der Waals surface area contributed by atoms with Gasteiger partial charge in [0.25, 0.3) is 0 Å². The molecule has 4 aromatic rings. The fourth-order valence-corrected chi connectivity index (χ4v) is 3.31. The maximum Gasteiger partial charge on any atom is 0.228 e. The second-order valence-corrected chi connectivity index (χ2v) is 6.63. The Balaban J connectivity index is 1.50. The van der Waals surface area contributed by atoms with E-state index in [1.807, 2.05) is 60.3 Å². The number of nitrogens with zero attached hydrogens (tertiary/aromatic N) is 3. The Kier molecular flexibility index (Phi) is 4.90. The Morgan fingerprint density at radius 3 is 2.93 bits per heavy atom. The number of fused-ring (bicyclic) bond motifs is 1. The largest absolute Gasteiger partial charge is 0.377 e. The first kappa shape index (κ1) is 17.9. The second-order valence-electron chi connectivity index (χ2n) is 6.63. The standard InChI is InChI=1S/C21H21N5O2/c1-26-12-15(17-8-3-4-9-18(17)26)11-20(27)22-16-7-5-6-14(10-16)21-23-19(13-28-2)24-25-21/h3-10,12H,11,13H2,1-2H3,(H,22,27)(H,23,24,25). The molecule has 2 aromatic carbocycles. The highest BCUT2D eigenvalue weighted by atomic mass is 16.5. The summed E-state index contributed by atoms with van der Waals surface area (Å²) in [6.07, 6.45) is 2.32. The number of carbonyl (C=O) groups is 1. The quantitative estimate of drug-likeness (QED) is 0.542. The lowest BCUT2D eigenvalue weighted by Crippen LogP contribution is -2.14. The molecule has 7 heteroatoms. The van der Waals surface area contributed by atoms with Crippen LogP contribution < -0.4 is 5.32 Å². The number of amides is 1. The Hall–Kier alpha value is -3.45. The molecule has 0 atom stereocenters. The Labute approximate surface area is 162 Å². The fourth-order valence-electron chi connectivity index (χ4n) is 3.31. The monoisotopic (exact) mass is 375 g/mol. The molecule has 0 bridgehead atoms. The highest BCUT2D eigenvalue weighted by molar-refractivity contribution is 5.96. The zero-order valence-electron chi connectivity index (χ0n) is 15.8. The Morgan fingerprint density at radius 1 is 1.21 bits per heavy atom. The van der Waals surface area contributed by atoms with E-state index in [4.69, 9.17) is 4.74 Å². The molecule has 0 radical (unpaired) electrons. The van der Waals surface area contributed by atoms with Gasteiger partial charge in [0.1, 0.15) is 6.61 Å². The molecule has 7 nitrogen and oxygen atoms in total. The predicted molar refractivity (Wildman–Crippen MR) is 108 cm³/mol. The Morgan fingerprint density at radius 2 is 2.07 bits per heavy atom. The van der Waals surface area contributed by atoms with Crippen LogP contribution in [-0.2, 0) is 29.6 Å². The minimum absolute atomic E-state index is 0.0661. The molecule has 0 aliphatic heterocycles. The van der Waals surface area contributed by atoms with Gasteiger partial charge < -0.3 is 14.6 Å². The lowest BCUT2D eigenvalue weighted by molar-refractivity contribution is -0.115. The summed E-state index contributed by atoms with van der Waals surface area (Å²) in [5.74, 6) is 1.16.